The van der Waals surface area contributed by atoms with E-state index in [1.807, 2.05) is 42.5 Å². The molecule has 94 valence electrons. The Hall–Kier alpha value is -1.41. The molecule has 0 saturated carbocycles. The molecule has 2 heteroatoms. The molecule has 0 aliphatic rings. The fourth-order valence-electron chi connectivity index (χ4n) is 1.98. The molecule has 0 heterocycles. The van der Waals surface area contributed by atoms with Crippen LogP contribution in [0, 0.1) is 0 Å². The van der Waals surface area contributed by atoms with Gasteiger partial charge in [0.15, 0.2) is 0 Å². The van der Waals surface area contributed by atoms with Crippen molar-refractivity contribution in [3.05, 3.63) is 60.2 Å². The van der Waals surface area contributed by atoms with E-state index in [0.717, 1.165) is 11.1 Å². The Morgan fingerprint density at radius 1 is 0.778 bits per heavy atom. The summed E-state index contributed by atoms with van der Waals surface area (Å²) in [6.07, 6.45) is 0. The molecule has 1 atom stereocenters. The van der Waals surface area contributed by atoms with Crippen LogP contribution in [0.4, 0.5) is 4.39 Å². The van der Waals surface area contributed by atoms with Gasteiger partial charge in [-0.1, -0.05) is 74.2 Å². The lowest BCUT2D eigenvalue weighted by Gasteiger charge is -2.21. The number of alkyl halides is 1. The van der Waals surface area contributed by atoms with E-state index in [1.54, 1.807) is 0 Å². The van der Waals surface area contributed by atoms with Crippen molar-refractivity contribution >= 4 is 8.07 Å². The first kappa shape index (κ1) is 13.0. The highest BCUT2D eigenvalue weighted by atomic mass is 28.3. The van der Waals surface area contributed by atoms with Gasteiger partial charge in [-0.2, -0.15) is 0 Å². The van der Waals surface area contributed by atoms with Gasteiger partial charge in [-0.3, -0.25) is 0 Å². The summed E-state index contributed by atoms with van der Waals surface area (Å²) in [5, 5.41) is 0. The summed E-state index contributed by atoms with van der Waals surface area (Å²) < 4.78 is 14.2. The van der Waals surface area contributed by atoms with Crippen LogP contribution in [0.15, 0.2) is 54.6 Å². The average molecular weight is 258 g/mol. The summed E-state index contributed by atoms with van der Waals surface area (Å²) in [5.41, 5.74) is 3.13. The normalized spacial score (nSPS) is 13.3. The quantitative estimate of drug-likeness (QED) is 0.660. The van der Waals surface area contributed by atoms with Crippen molar-refractivity contribution in [2.75, 3.05) is 0 Å². The average Bonchev–Trinajstić information content (AvgIpc) is 2.38. The number of benzene rings is 2. The number of rotatable bonds is 3. The second-order valence-electron chi connectivity index (χ2n) is 5.72. The Balaban J connectivity index is 2.26. The molecule has 1 unspecified atom stereocenters. The first-order valence-electron chi connectivity index (χ1n) is 6.28. The maximum atomic E-state index is 14.2. The largest absolute Gasteiger partial charge is 0.246 e. The van der Waals surface area contributed by atoms with E-state index in [1.165, 1.54) is 5.56 Å². The lowest BCUT2D eigenvalue weighted by atomic mass is 10.0. The van der Waals surface area contributed by atoms with E-state index in [4.69, 9.17) is 0 Å². The van der Waals surface area contributed by atoms with Gasteiger partial charge in [-0.05, 0) is 16.7 Å². The third kappa shape index (κ3) is 2.88. The molecule has 2 rings (SSSR count). The van der Waals surface area contributed by atoms with Crippen molar-refractivity contribution in [1.29, 1.82) is 0 Å². The maximum absolute atomic E-state index is 14.2. The Morgan fingerprint density at radius 3 is 1.78 bits per heavy atom. The molecule has 0 radical (unpaired) electrons. The summed E-state index contributed by atoms with van der Waals surface area (Å²) in [6, 6.07) is 18.0. The Morgan fingerprint density at radius 2 is 1.28 bits per heavy atom. The molecule has 0 N–H and O–H groups in total. The van der Waals surface area contributed by atoms with Crippen LogP contribution < -0.4 is 0 Å². The first-order chi connectivity index (χ1) is 8.48. The molecule has 18 heavy (non-hydrogen) atoms. The van der Waals surface area contributed by atoms with Crippen molar-refractivity contribution in [3.8, 4) is 11.1 Å². The highest BCUT2D eigenvalue weighted by molar-refractivity contribution is 6.77. The van der Waals surface area contributed by atoms with E-state index >= 15 is 0 Å². The minimum atomic E-state index is -1.76. The molecule has 2 aromatic rings. The van der Waals surface area contributed by atoms with Crippen molar-refractivity contribution in [1.82, 2.24) is 0 Å². The zero-order valence-electron chi connectivity index (χ0n) is 11.2. The Kier molecular flexibility index (Phi) is 3.67. The summed E-state index contributed by atoms with van der Waals surface area (Å²) in [6.45, 7) is 6.17. The number of hydrogen-bond acceptors (Lipinski definition) is 0. The van der Waals surface area contributed by atoms with Gasteiger partial charge in [0, 0.05) is 0 Å². The summed E-state index contributed by atoms with van der Waals surface area (Å²) in [5.74, 6) is -0.790. The van der Waals surface area contributed by atoms with E-state index in [9.17, 15) is 4.39 Å². The van der Waals surface area contributed by atoms with Gasteiger partial charge < -0.3 is 0 Å². The van der Waals surface area contributed by atoms with Crippen LogP contribution in [0.2, 0.25) is 19.6 Å². The molecule has 0 amide bonds. The molecule has 0 nitrogen and oxygen atoms in total. The molecule has 0 aliphatic carbocycles. The third-order valence-electron chi connectivity index (χ3n) is 3.07. The van der Waals surface area contributed by atoms with Crippen LogP contribution in [-0.4, -0.2) is 8.07 Å². The second kappa shape index (κ2) is 5.07. The minimum absolute atomic E-state index is 0.790. The maximum Gasteiger partial charge on any atom is 0.113 e. The van der Waals surface area contributed by atoms with E-state index in [2.05, 4.69) is 31.8 Å². The zero-order chi connectivity index (χ0) is 13.2. The lowest BCUT2D eigenvalue weighted by molar-refractivity contribution is 0.442. The molecule has 0 aromatic heterocycles. The Bertz CT molecular complexity index is 497. The molecule has 2 aromatic carbocycles. The predicted octanol–water partition coefficient (Wildman–Crippen LogP) is 5.24. The second-order valence-corrected chi connectivity index (χ2v) is 11.0. The highest BCUT2D eigenvalue weighted by Crippen LogP contribution is 2.29. The van der Waals surface area contributed by atoms with Gasteiger partial charge in [-0.25, -0.2) is 4.39 Å². The zero-order valence-corrected chi connectivity index (χ0v) is 12.2. The van der Waals surface area contributed by atoms with Crippen LogP contribution in [0.5, 0.6) is 0 Å². The van der Waals surface area contributed by atoms with Gasteiger partial charge in [0.1, 0.15) is 5.79 Å². The van der Waals surface area contributed by atoms with Crippen LogP contribution >= 0.6 is 0 Å². The van der Waals surface area contributed by atoms with E-state index in [0.29, 0.717) is 0 Å². The smallest absolute Gasteiger partial charge is 0.113 e. The van der Waals surface area contributed by atoms with Gasteiger partial charge in [0.05, 0.1) is 8.07 Å². The fourth-order valence-corrected chi connectivity index (χ4v) is 3.17. The molecular weight excluding hydrogens is 239 g/mol. The first-order valence-corrected chi connectivity index (χ1v) is 9.85. The standard InChI is InChI=1S/C16H19FSi/c1-18(2,3)16(17)15-11-9-14(10-12-15)13-7-5-4-6-8-13/h4-12,16H,1-3H3. The van der Waals surface area contributed by atoms with Crippen molar-refractivity contribution in [3.63, 3.8) is 0 Å². The summed E-state index contributed by atoms with van der Waals surface area (Å²) >= 11 is 0. The van der Waals surface area contributed by atoms with E-state index in [-0.39, 0.29) is 0 Å². The molecule has 0 fully saturated rings. The predicted molar refractivity (Wildman–Crippen MR) is 79.1 cm³/mol. The van der Waals surface area contributed by atoms with E-state index < -0.39 is 13.9 Å². The van der Waals surface area contributed by atoms with Gasteiger partial charge >= 0.3 is 0 Å². The summed E-state index contributed by atoms with van der Waals surface area (Å²) in [7, 11) is -1.76. The van der Waals surface area contributed by atoms with Gasteiger partial charge in [0.2, 0.25) is 0 Å². The molecule has 0 aliphatic heterocycles. The SMILES string of the molecule is C[Si](C)(C)C(F)c1ccc(-c2ccccc2)cc1. The number of hydrogen-bond donors (Lipinski definition) is 0. The lowest BCUT2D eigenvalue weighted by Crippen LogP contribution is -2.27. The van der Waals surface area contributed by atoms with Crippen molar-refractivity contribution in [2.45, 2.75) is 25.4 Å². The highest BCUT2D eigenvalue weighted by Gasteiger charge is 2.27. The number of halogens is 1. The molecule has 0 bridgehead atoms. The van der Waals surface area contributed by atoms with Crippen LogP contribution in [0.25, 0.3) is 11.1 Å². The van der Waals surface area contributed by atoms with Gasteiger partial charge in [0.25, 0.3) is 0 Å². The van der Waals surface area contributed by atoms with Gasteiger partial charge in [-0.15, -0.1) is 0 Å². The molecular formula is C16H19FSi. The summed E-state index contributed by atoms with van der Waals surface area (Å²) in [4.78, 5) is 0. The van der Waals surface area contributed by atoms with Crippen LogP contribution in [0.3, 0.4) is 0 Å². The van der Waals surface area contributed by atoms with Crippen molar-refractivity contribution < 1.29 is 4.39 Å². The fraction of sp³-hybridized carbons (Fsp3) is 0.250. The van der Waals surface area contributed by atoms with Crippen molar-refractivity contribution in [2.24, 2.45) is 0 Å². The van der Waals surface area contributed by atoms with Crippen LogP contribution in [0.1, 0.15) is 11.4 Å². The third-order valence-corrected chi connectivity index (χ3v) is 4.92. The minimum Gasteiger partial charge on any atom is -0.246 e. The van der Waals surface area contributed by atoms with Crippen LogP contribution in [-0.2, 0) is 0 Å². The molecule has 0 spiro atoms. The monoisotopic (exact) mass is 258 g/mol. The molecule has 0 saturated heterocycles. The topological polar surface area (TPSA) is 0 Å². The Labute approximate surface area is 109 Å².